The van der Waals surface area contributed by atoms with Crippen LogP contribution < -0.4 is 5.73 Å². The van der Waals surface area contributed by atoms with Gasteiger partial charge in [0.2, 0.25) is 0 Å². The van der Waals surface area contributed by atoms with E-state index >= 15 is 8.78 Å². The predicted octanol–water partition coefficient (Wildman–Crippen LogP) is 4.95. The van der Waals surface area contributed by atoms with Gasteiger partial charge in [-0.15, -0.1) is 0 Å². The van der Waals surface area contributed by atoms with Gasteiger partial charge in [0.15, 0.2) is 0 Å². The van der Waals surface area contributed by atoms with Crippen molar-refractivity contribution < 1.29 is 23.4 Å². The number of halogens is 2. The second-order valence-corrected chi connectivity index (χ2v) is 11.9. The van der Waals surface area contributed by atoms with Crippen molar-refractivity contribution in [1.29, 1.82) is 0 Å². The second-order valence-electron chi connectivity index (χ2n) is 11.9. The fraction of sp³-hybridized carbons (Fsp3) is 0.469. The number of pyridine rings is 1. The van der Waals surface area contributed by atoms with Crippen LogP contribution in [0.5, 0.6) is 0 Å². The van der Waals surface area contributed by atoms with Gasteiger partial charge in [0, 0.05) is 38.1 Å². The van der Waals surface area contributed by atoms with E-state index in [1.807, 2.05) is 26.1 Å². The van der Waals surface area contributed by atoms with Crippen LogP contribution in [0.1, 0.15) is 68.0 Å². The summed E-state index contributed by atoms with van der Waals surface area (Å²) in [5, 5.41) is 15.4. The Balaban J connectivity index is 1.25. The summed E-state index contributed by atoms with van der Waals surface area (Å²) in [4.78, 5) is 8.94. The van der Waals surface area contributed by atoms with E-state index in [-0.39, 0.29) is 41.8 Å². The lowest BCUT2D eigenvalue weighted by Gasteiger charge is -2.44. The smallest absolute Gasteiger partial charge is 0.135 e. The van der Waals surface area contributed by atoms with Gasteiger partial charge >= 0.3 is 0 Å². The fourth-order valence-electron chi connectivity index (χ4n) is 6.28. The van der Waals surface area contributed by atoms with Crippen LogP contribution in [0.25, 0.3) is 16.8 Å². The molecule has 0 amide bonds. The maximum absolute atomic E-state index is 15.3. The van der Waals surface area contributed by atoms with Gasteiger partial charge in [-0.05, 0) is 91.5 Å². The molecule has 1 saturated heterocycles. The minimum absolute atomic E-state index is 0.0294. The lowest BCUT2D eigenvalue weighted by molar-refractivity contribution is -0.0464. The molecule has 2 fully saturated rings. The quantitative estimate of drug-likeness (QED) is 0.320. The molecule has 4 heterocycles. The molecule has 8 nitrogen and oxygen atoms in total. The van der Waals surface area contributed by atoms with E-state index in [0.717, 1.165) is 30.4 Å². The number of rotatable bonds is 7. The molecule has 10 heteroatoms. The molecular weight excluding hydrogens is 540 g/mol. The van der Waals surface area contributed by atoms with Crippen LogP contribution in [-0.2, 0) is 22.5 Å². The van der Waals surface area contributed by atoms with Crippen molar-refractivity contribution in [2.45, 2.75) is 76.2 Å². The Bertz CT molecular complexity index is 1530. The average Bonchev–Trinajstić information content (AvgIpc) is 3.37. The van der Waals surface area contributed by atoms with Crippen molar-refractivity contribution in [3.8, 4) is 11.3 Å². The van der Waals surface area contributed by atoms with Crippen LogP contribution >= 0.6 is 0 Å². The summed E-state index contributed by atoms with van der Waals surface area (Å²) in [5.74, 6) is -0.554. The third-order valence-electron chi connectivity index (χ3n) is 9.12. The lowest BCUT2D eigenvalue weighted by Crippen LogP contribution is -2.54. The Hall–Kier alpha value is -3.31. The van der Waals surface area contributed by atoms with Gasteiger partial charge in [0.1, 0.15) is 17.5 Å². The van der Waals surface area contributed by atoms with Crippen LogP contribution in [0.15, 0.2) is 48.9 Å². The van der Waals surface area contributed by atoms with Gasteiger partial charge < -0.3 is 20.3 Å². The van der Waals surface area contributed by atoms with Gasteiger partial charge in [-0.3, -0.25) is 4.98 Å². The average molecular weight is 578 g/mol. The molecule has 2 aliphatic rings. The number of benzene rings is 1. The highest BCUT2D eigenvalue weighted by molar-refractivity contribution is 5.63. The molecule has 4 atom stereocenters. The molecule has 0 unspecified atom stereocenters. The van der Waals surface area contributed by atoms with Gasteiger partial charge in [-0.2, -0.15) is 5.10 Å². The highest BCUT2D eigenvalue weighted by Gasteiger charge is 2.42. The van der Waals surface area contributed by atoms with E-state index in [4.69, 9.17) is 15.2 Å². The summed E-state index contributed by atoms with van der Waals surface area (Å²) in [6.45, 7) is 5.25. The maximum atomic E-state index is 15.3. The first-order valence-electron chi connectivity index (χ1n) is 14.6. The summed E-state index contributed by atoms with van der Waals surface area (Å²) >= 11 is 0. The van der Waals surface area contributed by atoms with E-state index in [1.165, 1.54) is 12.1 Å². The first-order valence-corrected chi connectivity index (χ1v) is 14.6. The van der Waals surface area contributed by atoms with E-state index < -0.39 is 17.2 Å². The molecule has 1 aromatic carbocycles. The second kappa shape index (κ2) is 11.8. The van der Waals surface area contributed by atoms with E-state index in [9.17, 15) is 5.11 Å². The van der Waals surface area contributed by atoms with E-state index in [0.29, 0.717) is 43.0 Å². The van der Waals surface area contributed by atoms with Crippen LogP contribution in [0, 0.1) is 17.6 Å². The van der Waals surface area contributed by atoms with Gasteiger partial charge in [-0.1, -0.05) is 6.92 Å². The molecule has 1 aliphatic heterocycles. The zero-order valence-electron chi connectivity index (χ0n) is 24.0. The third-order valence-corrected chi connectivity index (χ3v) is 9.12. The Morgan fingerprint density at radius 1 is 1.12 bits per heavy atom. The van der Waals surface area contributed by atoms with Crippen molar-refractivity contribution in [2.24, 2.45) is 11.7 Å². The summed E-state index contributed by atoms with van der Waals surface area (Å²) in [7, 11) is 0. The number of aromatic nitrogens is 4. The minimum atomic E-state index is -0.913. The molecular formula is C32H37F2N5O3. The normalized spacial score (nSPS) is 25.2. The van der Waals surface area contributed by atoms with E-state index in [1.54, 1.807) is 29.0 Å². The molecule has 4 aromatic rings. The third kappa shape index (κ3) is 5.68. The van der Waals surface area contributed by atoms with Crippen molar-refractivity contribution in [3.05, 3.63) is 83.1 Å². The highest BCUT2D eigenvalue weighted by atomic mass is 19.1. The minimum Gasteiger partial charge on any atom is -0.388 e. The molecule has 3 aromatic heterocycles. The largest absolute Gasteiger partial charge is 0.388 e. The fourth-order valence-corrected chi connectivity index (χ4v) is 6.28. The summed E-state index contributed by atoms with van der Waals surface area (Å²) < 4.78 is 43.4. The Morgan fingerprint density at radius 3 is 2.62 bits per heavy atom. The summed E-state index contributed by atoms with van der Waals surface area (Å²) in [6, 6.07) is 7.65. The number of nitrogens with zero attached hydrogens (tertiary/aromatic N) is 4. The predicted molar refractivity (Wildman–Crippen MR) is 154 cm³/mol. The number of fused-ring (bicyclic) bond motifs is 1. The van der Waals surface area contributed by atoms with Crippen molar-refractivity contribution in [2.75, 3.05) is 13.2 Å². The Kier molecular flexibility index (Phi) is 8.06. The molecule has 42 heavy (non-hydrogen) atoms. The summed E-state index contributed by atoms with van der Waals surface area (Å²) in [6.07, 6.45) is 8.76. The molecule has 222 valence electrons. The Labute approximate surface area is 243 Å². The molecule has 1 aliphatic carbocycles. The van der Waals surface area contributed by atoms with Crippen molar-refractivity contribution >= 4 is 5.52 Å². The molecule has 0 radical (unpaired) electrons. The topological polar surface area (TPSA) is 108 Å². The molecule has 1 saturated carbocycles. The lowest BCUT2D eigenvalue weighted by atomic mass is 9.67. The highest BCUT2D eigenvalue weighted by Crippen LogP contribution is 2.42. The molecule has 0 bridgehead atoms. The van der Waals surface area contributed by atoms with Crippen LogP contribution in [-0.4, -0.2) is 55.6 Å². The first-order chi connectivity index (χ1) is 20.2. The van der Waals surface area contributed by atoms with Gasteiger partial charge in [0.05, 0.1) is 41.3 Å². The summed E-state index contributed by atoms with van der Waals surface area (Å²) in [5.41, 5.74) is 8.70. The van der Waals surface area contributed by atoms with Crippen LogP contribution in [0.3, 0.4) is 0 Å². The Morgan fingerprint density at radius 2 is 1.88 bits per heavy atom. The SMILES string of the molecule is C[C@H]1C[C@@H](c2ccncc2Cc2ncc3ccc(-c4c(F)cc(COC5CCOCC5)cc4F)nn23)C[C@@H](N)[C@]1(C)O. The number of hydrogen-bond donors (Lipinski definition) is 2. The molecule has 6 rings (SSSR count). The first kappa shape index (κ1) is 28.8. The van der Waals surface area contributed by atoms with E-state index in [2.05, 4.69) is 15.1 Å². The molecule has 3 N–H and O–H groups in total. The number of hydrogen-bond acceptors (Lipinski definition) is 7. The number of ether oxygens (including phenoxy) is 2. The standard InChI is InChI=1S/C32H37F2N5O3/c1-19-11-21(14-29(35)32(19,2)40)25-5-8-36-16-22(25)15-30-37-17-23-3-4-28(38-39(23)30)31-26(33)12-20(13-27(31)34)18-42-24-6-9-41-10-7-24/h3-5,8,12-13,16-17,19,21,24,29,40H,6-7,9-11,14-15,18,35H2,1-2H3/t19-,21+,29+,32+/m0/s1. The zero-order valence-corrected chi connectivity index (χ0v) is 24.0. The van der Waals surface area contributed by atoms with Crippen molar-refractivity contribution in [1.82, 2.24) is 19.6 Å². The number of aliphatic hydroxyl groups is 1. The van der Waals surface area contributed by atoms with Gasteiger partial charge in [-0.25, -0.2) is 18.3 Å². The monoisotopic (exact) mass is 577 g/mol. The van der Waals surface area contributed by atoms with Crippen LogP contribution in [0.2, 0.25) is 0 Å². The maximum Gasteiger partial charge on any atom is 0.135 e. The van der Waals surface area contributed by atoms with Gasteiger partial charge in [0.25, 0.3) is 0 Å². The zero-order chi connectivity index (χ0) is 29.4. The molecule has 0 spiro atoms. The number of nitrogens with two attached hydrogens (primary N) is 1. The van der Waals surface area contributed by atoms with Crippen molar-refractivity contribution in [3.63, 3.8) is 0 Å². The van der Waals surface area contributed by atoms with Crippen LogP contribution in [0.4, 0.5) is 8.78 Å². The number of imidazole rings is 1.